The van der Waals surface area contributed by atoms with Crippen molar-refractivity contribution in [1.29, 1.82) is 5.26 Å². The monoisotopic (exact) mass is 278 g/mol. The highest BCUT2D eigenvalue weighted by molar-refractivity contribution is 9.10. The van der Waals surface area contributed by atoms with Crippen LogP contribution in [-0.4, -0.2) is 6.04 Å². The smallest absolute Gasteiger partial charge is 0.101 e. The molecule has 3 heteroatoms. The average Bonchev–Trinajstić information content (AvgIpc) is 3.02. The molecule has 1 atom stereocenters. The van der Waals surface area contributed by atoms with Crippen molar-refractivity contribution in [3.8, 4) is 6.07 Å². The van der Waals surface area contributed by atoms with E-state index in [0.29, 0.717) is 11.6 Å². The zero-order valence-corrected chi connectivity index (χ0v) is 10.9. The maximum absolute atomic E-state index is 9.01. The van der Waals surface area contributed by atoms with Gasteiger partial charge in [0.05, 0.1) is 11.3 Å². The van der Waals surface area contributed by atoms with Crippen molar-refractivity contribution >= 4 is 21.6 Å². The summed E-state index contributed by atoms with van der Waals surface area (Å²) < 4.78 is 1.01. The van der Waals surface area contributed by atoms with E-state index in [4.69, 9.17) is 5.26 Å². The van der Waals surface area contributed by atoms with Gasteiger partial charge in [-0.25, -0.2) is 0 Å². The molecular formula is C13H15BrN2. The maximum Gasteiger partial charge on any atom is 0.101 e. The van der Waals surface area contributed by atoms with Crippen LogP contribution in [0.2, 0.25) is 0 Å². The fraction of sp³-hybridized carbons (Fsp3) is 0.462. The van der Waals surface area contributed by atoms with Crippen LogP contribution in [0.5, 0.6) is 0 Å². The summed E-state index contributed by atoms with van der Waals surface area (Å²) in [5, 5.41) is 12.4. The van der Waals surface area contributed by atoms with E-state index in [0.717, 1.165) is 16.1 Å². The van der Waals surface area contributed by atoms with Crippen LogP contribution in [0.4, 0.5) is 5.69 Å². The van der Waals surface area contributed by atoms with Crippen molar-refractivity contribution in [3.63, 3.8) is 0 Å². The van der Waals surface area contributed by atoms with Gasteiger partial charge in [0.25, 0.3) is 0 Å². The number of halogens is 1. The lowest BCUT2D eigenvalue weighted by Gasteiger charge is -2.16. The standard InChI is InChI=1S/C13H15BrN2/c1-9(6-10-2-3-10)16-13-7-12(14)5-4-11(13)8-15/h4-5,7,9-10,16H,2-3,6H2,1H3. The van der Waals surface area contributed by atoms with E-state index in [1.807, 2.05) is 18.2 Å². The summed E-state index contributed by atoms with van der Waals surface area (Å²) in [5.74, 6) is 0.903. The van der Waals surface area contributed by atoms with Gasteiger partial charge in [-0.2, -0.15) is 5.26 Å². The van der Waals surface area contributed by atoms with Gasteiger partial charge in [0.2, 0.25) is 0 Å². The second-order valence-corrected chi connectivity index (χ2v) is 5.44. The van der Waals surface area contributed by atoms with E-state index in [1.54, 1.807) is 0 Å². The molecule has 2 nitrogen and oxygen atoms in total. The number of hydrogen-bond donors (Lipinski definition) is 1. The first kappa shape index (κ1) is 11.5. The largest absolute Gasteiger partial charge is 0.381 e. The lowest BCUT2D eigenvalue weighted by Crippen LogP contribution is -2.16. The fourth-order valence-electron chi connectivity index (χ4n) is 1.91. The van der Waals surface area contributed by atoms with Crippen molar-refractivity contribution in [2.45, 2.75) is 32.2 Å². The molecule has 0 radical (unpaired) electrons. The van der Waals surface area contributed by atoms with Crippen molar-refractivity contribution in [3.05, 3.63) is 28.2 Å². The lowest BCUT2D eigenvalue weighted by molar-refractivity contribution is 0.642. The predicted molar refractivity (Wildman–Crippen MR) is 69.3 cm³/mol. The normalized spacial score (nSPS) is 16.6. The predicted octanol–water partition coefficient (Wildman–Crippen LogP) is 3.92. The molecule has 1 unspecified atom stereocenters. The number of anilines is 1. The Bertz CT molecular complexity index is 418. The molecule has 0 spiro atoms. The Labute approximate surface area is 105 Å². The van der Waals surface area contributed by atoms with Gasteiger partial charge in [-0.15, -0.1) is 0 Å². The molecule has 2 rings (SSSR count). The molecule has 1 aromatic carbocycles. The molecule has 16 heavy (non-hydrogen) atoms. The highest BCUT2D eigenvalue weighted by atomic mass is 79.9. The zero-order chi connectivity index (χ0) is 11.5. The highest BCUT2D eigenvalue weighted by Gasteiger charge is 2.23. The van der Waals surface area contributed by atoms with Gasteiger partial charge in [0, 0.05) is 10.5 Å². The minimum Gasteiger partial charge on any atom is -0.381 e. The van der Waals surface area contributed by atoms with Crippen LogP contribution in [-0.2, 0) is 0 Å². The minimum atomic E-state index is 0.439. The molecule has 0 saturated heterocycles. The number of nitriles is 1. The van der Waals surface area contributed by atoms with Crippen molar-refractivity contribution in [2.75, 3.05) is 5.32 Å². The molecule has 0 aliphatic heterocycles. The van der Waals surface area contributed by atoms with Crippen LogP contribution >= 0.6 is 15.9 Å². The summed E-state index contributed by atoms with van der Waals surface area (Å²) in [6.07, 6.45) is 3.95. The second kappa shape index (κ2) is 4.88. The Morgan fingerprint density at radius 1 is 1.56 bits per heavy atom. The van der Waals surface area contributed by atoms with Crippen molar-refractivity contribution in [1.82, 2.24) is 0 Å². The molecule has 1 N–H and O–H groups in total. The fourth-order valence-corrected chi connectivity index (χ4v) is 2.27. The Balaban J connectivity index is 2.06. The molecule has 1 aromatic rings. The molecule has 0 aromatic heterocycles. The summed E-state index contributed by atoms with van der Waals surface area (Å²) in [7, 11) is 0. The van der Waals surface area contributed by atoms with Gasteiger partial charge in [-0.3, -0.25) is 0 Å². The molecule has 1 fully saturated rings. The summed E-state index contributed by atoms with van der Waals surface area (Å²) in [6.45, 7) is 2.18. The van der Waals surface area contributed by atoms with Crippen LogP contribution in [0, 0.1) is 17.2 Å². The van der Waals surface area contributed by atoms with E-state index in [9.17, 15) is 0 Å². The quantitative estimate of drug-likeness (QED) is 0.906. The number of nitrogens with zero attached hydrogens (tertiary/aromatic N) is 1. The van der Waals surface area contributed by atoms with E-state index in [1.165, 1.54) is 19.3 Å². The second-order valence-electron chi connectivity index (χ2n) is 4.53. The summed E-state index contributed by atoms with van der Waals surface area (Å²) in [6, 6.07) is 8.37. The van der Waals surface area contributed by atoms with Crippen molar-refractivity contribution < 1.29 is 0 Å². The maximum atomic E-state index is 9.01. The van der Waals surface area contributed by atoms with Crippen LogP contribution in [0.25, 0.3) is 0 Å². The molecule has 1 aliphatic carbocycles. The zero-order valence-electron chi connectivity index (χ0n) is 9.33. The Kier molecular flexibility index (Phi) is 3.50. The molecule has 0 heterocycles. The third-order valence-corrected chi connectivity index (χ3v) is 3.38. The van der Waals surface area contributed by atoms with Crippen molar-refractivity contribution in [2.24, 2.45) is 5.92 Å². The molecule has 0 bridgehead atoms. The summed E-state index contributed by atoms with van der Waals surface area (Å²) in [4.78, 5) is 0. The van der Waals surface area contributed by atoms with E-state index in [2.05, 4.69) is 34.2 Å². The Morgan fingerprint density at radius 2 is 2.31 bits per heavy atom. The average molecular weight is 279 g/mol. The third kappa shape index (κ3) is 2.99. The third-order valence-electron chi connectivity index (χ3n) is 2.89. The van der Waals surface area contributed by atoms with E-state index >= 15 is 0 Å². The van der Waals surface area contributed by atoms with Gasteiger partial charge < -0.3 is 5.32 Å². The molecular weight excluding hydrogens is 264 g/mol. The van der Waals surface area contributed by atoms with E-state index in [-0.39, 0.29) is 0 Å². The molecule has 1 aliphatic rings. The van der Waals surface area contributed by atoms with Crippen LogP contribution < -0.4 is 5.32 Å². The van der Waals surface area contributed by atoms with Gasteiger partial charge >= 0.3 is 0 Å². The highest BCUT2D eigenvalue weighted by Crippen LogP contribution is 2.34. The number of benzene rings is 1. The summed E-state index contributed by atoms with van der Waals surface area (Å²) in [5.41, 5.74) is 1.65. The van der Waals surface area contributed by atoms with Gasteiger partial charge in [0.15, 0.2) is 0 Å². The van der Waals surface area contributed by atoms with E-state index < -0.39 is 0 Å². The number of nitrogens with one attached hydrogen (secondary N) is 1. The molecule has 84 valence electrons. The number of rotatable bonds is 4. The molecule has 0 amide bonds. The lowest BCUT2D eigenvalue weighted by atomic mass is 10.1. The Hall–Kier alpha value is -1.01. The SMILES string of the molecule is CC(CC1CC1)Nc1cc(Br)ccc1C#N. The van der Waals surface area contributed by atoms with Gasteiger partial charge in [-0.05, 0) is 37.5 Å². The first-order valence-electron chi connectivity index (χ1n) is 5.65. The van der Waals surface area contributed by atoms with Gasteiger partial charge in [0.1, 0.15) is 6.07 Å². The molecule has 1 saturated carbocycles. The topological polar surface area (TPSA) is 35.8 Å². The first-order valence-corrected chi connectivity index (χ1v) is 6.44. The minimum absolute atomic E-state index is 0.439. The first-order chi connectivity index (χ1) is 7.69. The van der Waals surface area contributed by atoms with Crippen LogP contribution in [0.15, 0.2) is 22.7 Å². The van der Waals surface area contributed by atoms with Crippen LogP contribution in [0.3, 0.4) is 0 Å². The summed E-state index contributed by atoms with van der Waals surface area (Å²) >= 11 is 3.43. The Morgan fingerprint density at radius 3 is 2.94 bits per heavy atom. The number of hydrogen-bond acceptors (Lipinski definition) is 2. The van der Waals surface area contributed by atoms with Gasteiger partial charge in [-0.1, -0.05) is 28.8 Å². The van der Waals surface area contributed by atoms with Crippen LogP contribution in [0.1, 0.15) is 31.7 Å².